The molecular weight excluding hydrogens is 518 g/mol. The Labute approximate surface area is 241 Å². The smallest absolute Gasteiger partial charge is 0.410 e. The molecule has 3 heterocycles. The lowest BCUT2D eigenvalue weighted by molar-refractivity contribution is -0.0832. The van der Waals surface area contributed by atoms with Crippen LogP contribution in [0.5, 0.6) is 0 Å². The van der Waals surface area contributed by atoms with Crippen LogP contribution < -0.4 is 4.90 Å². The first-order valence-corrected chi connectivity index (χ1v) is 14.8. The molecule has 0 bridgehead atoms. The molecule has 1 aromatic carbocycles. The summed E-state index contributed by atoms with van der Waals surface area (Å²) in [6, 6.07) is 7.96. The number of carbonyl (C=O) groups is 1. The van der Waals surface area contributed by atoms with Crippen molar-refractivity contribution < 1.29 is 9.53 Å². The standard InChI is InChI=1S/C32H39N5O2S/c1-8-25-28(34)37(21(4)33)29-26(19(2)20(3)40-29)27(35-25)24-13-11-22(12-14-24)9-10-23-15-32(16-23)17-36(18-32)30(38)39-31(5,6)7/h11-14,23,25,33-34H,8,15-18H2,1-7H3. The summed E-state index contributed by atoms with van der Waals surface area (Å²) in [6.45, 7) is 15.2. The number of ether oxygens (including phenoxy) is 1. The fraction of sp³-hybridized carbons (Fsp3) is 0.500. The van der Waals surface area contributed by atoms with Crippen molar-refractivity contribution in [1.82, 2.24) is 4.90 Å². The number of amides is 1. The summed E-state index contributed by atoms with van der Waals surface area (Å²) in [7, 11) is 0. The number of likely N-dealkylation sites (tertiary alicyclic amines) is 1. The minimum atomic E-state index is -0.462. The maximum atomic E-state index is 12.3. The van der Waals surface area contributed by atoms with Crippen LogP contribution in [-0.4, -0.2) is 53.1 Å². The van der Waals surface area contributed by atoms with E-state index in [0.717, 1.165) is 58.9 Å². The van der Waals surface area contributed by atoms with Gasteiger partial charge in [0.1, 0.15) is 28.3 Å². The predicted molar refractivity (Wildman–Crippen MR) is 163 cm³/mol. The third-order valence-corrected chi connectivity index (χ3v) is 9.20. The average molecular weight is 558 g/mol. The van der Waals surface area contributed by atoms with Crippen LogP contribution in [0.2, 0.25) is 0 Å². The van der Waals surface area contributed by atoms with Gasteiger partial charge in [-0.15, -0.1) is 11.3 Å². The van der Waals surface area contributed by atoms with Gasteiger partial charge < -0.3 is 9.64 Å². The maximum Gasteiger partial charge on any atom is 0.410 e. The molecule has 1 amide bonds. The number of carbonyl (C=O) groups excluding carboxylic acids is 1. The number of thiophene rings is 1. The minimum Gasteiger partial charge on any atom is -0.444 e. The number of rotatable bonds is 2. The monoisotopic (exact) mass is 557 g/mol. The normalized spacial score (nSPS) is 20.0. The second-order valence-corrected chi connectivity index (χ2v) is 13.7. The molecule has 2 aromatic rings. The van der Waals surface area contributed by atoms with E-state index in [1.165, 1.54) is 4.88 Å². The van der Waals surface area contributed by atoms with E-state index in [1.54, 1.807) is 28.1 Å². The molecule has 5 rings (SSSR count). The highest BCUT2D eigenvalue weighted by molar-refractivity contribution is 7.17. The van der Waals surface area contributed by atoms with Gasteiger partial charge in [-0.3, -0.25) is 20.7 Å². The number of nitrogens with zero attached hydrogens (tertiary/aromatic N) is 3. The lowest BCUT2D eigenvalue weighted by Crippen LogP contribution is -2.64. The predicted octanol–water partition coefficient (Wildman–Crippen LogP) is 6.77. The van der Waals surface area contributed by atoms with Crippen LogP contribution in [0.15, 0.2) is 29.3 Å². The lowest BCUT2D eigenvalue weighted by Gasteiger charge is -2.57. The molecule has 2 fully saturated rings. The topological polar surface area (TPSA) is 92.8 Å². The number of aliphatic imine (C=N–C) groups is 1. The van der Waals surface area contributed by atoms with Crippen LogP contribution in [0.4, 0.5) is 9.80 Å². The summed E-state index contributed by atoms with van der Waals surface area (Å²) in [4.78, 5) is 22.1. The van der Waals surface area contributed by atoms with Crippen molar-refractivity contribution in [2.24, 2.45) is 16.3 Å². The van der Waals surface area contributed by atoms with Crippen molar-refractivity contribution in [3.8, 4) is 11.8 Å². The molecule has 0 radical (unpaired) electrons. The third-order valence-electron chi connectivity index (χ3n) is 8.01. The zero-order valence-corrected chi connectivity index (χ0v) is 25.4. The molecule has 40 heavy (non-hydrogen) atoms. The minimum absolute atomic E-state index is 0.214. The van der Waals surface area contributed by atoms with Gasteiger partial charge in [0, 0.05) is 46.0 Å². The molecule has 1 aliphatic carbocycles. The second-order valence-electron chi connectivity index (χ2n) is 12.5. The van der Waals surface area contributed by atoms with E-state index in [4.69, 9.17) is 20.5 Å². The van der Waals surface area contributed by atoms with Crippen LogP contribution in [0.25, 0.3) is 0 Å². The number of anilines is 1. The SMILES string of the molecule is CCC1N=C(c2ccc(C#CC3CC4(C3)CN(C(=O)OC(C)(C)C)C4)cc2)c2c(sc(C)c2C)N(C(C)=N)C1=N. The van der Waals surface area contributed by atoms with Crippen molar-refractivity contribution >= 4 is 39.8 Å². The van der Waals surface area contributed by atoms with Crippen molar-refractivity contribution in [1.29, 1.82) is 10.8 Å². The molecule has 210 valence electrons. The molecule has 2 N–H and O–H groups in total. The fourth-order valence-corrected chi connectivity index (χ4v) is 7.11. The average Bonchev–Trinajstić information content (AvgIpc) is 3.03. The molecule has 2 aliphatic heterocycles. The molecule has 3 aliphatic rings. The molecule has 7 nitrogen and oxygen atoms in total. The van der Waals surface area contributed by atoms with Gasteiger partial charge in [0.05, 0.1) is 5.71 Å². The lowest BCUT2D eigenvalue weighted by atomic mass is 9.58. The zero-order chi connectivity index (χ0) is 29.0. The summed E-state index contributed by atoms with van der Waals surface area (Å²) in [5.41, 5.74) is 4.79. The van der Waals surface area contributed by atoms with Gasteiger partial charge in [-0.2, -0.15) is 0 Å². The number of amidine groups is 2. The highest BCUT2D eigenvalue weighted by Gasteiger charge is 2.54. The summed E-state index contributed by atoms with van der Waals surface area (Å²) in [5, 5.41) is 18.1. The first-order chi connectivity index (χ1) is 18.8. The Kier molecular flexibility index (Phi) is 7.16. The Bertz CT molecular complexity index is 1450. The van der Waals surface area contributed by atoms with Crippen LogP contribution in [0.1, 0.15) is 81.0 Å². The van der Waals surface area contributed by atoms with Crippen LogP contribution in [-0.2, 0) is 4.74 Å². The summed E-state index contributed by atoms with van der Waals surface area (Å²) < 4.78 is 5.49. The molecule has 1 atom stereocenters. The van der Waals surface area contributed by atoms with Crippen molar-refractivity contribution in [2.75, 3.05) is 18.0 Å². The Morgan fingerprint density at radius 3 is 2.42 bits per heavy atom. The van der Waals surface area contributed by atoms with Gasteiger partial charge in [0.15, 0.2) is 0 Å². The molecule has 1 aromatic heterocycles. The van der Waals surface area contributed by atoms with E-state index in [-0.39, 0.29) is 17.6 Å². The molecule has 1 spiro atoms. The second kappa shape index (κ2) is 10.2. The molecule has 8 heteroatoms. The molecule has 1 saturated carbocycles. The summed E-state index contributed by atoms with van der Waals surface area (Å²) in [5.74, 6) is 7.86. The molecule has 1 saturated heterocycles. The zero-order valence-electron chi connectivity index (χ0n) is 24.6. The third kappa shape index (κ3) is 5.19. The Balaban J connectivity index is 1.29. The summed E-state index contributed by atoms with van der Waals surface area (Å²) >= 11 is 1.63. The number of nitrogens with one attached hydrogen (secondary N) is 2. The van der Waals surface area contributed by atoms with Gasteiger partial charge in [-0.25, -0.2) is 4.79 Å². The number of aryl methyl sites for hydroxylation is 1. The van der Waals surface area contributed by atoms with Crippen molar-refractivity contribution in [2.45, 2.75) is 79.4 Å². The van der Waals surface area contributed by atoms with Gasteiger partial charge >= 0.3 is 6.09 Å². The van der Waals surface area contributed by atoms with Crippen molar-refractivity contribution in [3.63, 3.8) is 0 Å². The van der Waals surface area contributed by atoms with E-state index in [2.05, 4.69) is 50.0 Å². The highest BCUT2D eigenvalue weighted by Crippen LogP contribution is 2.52. The van der Waals surface area contributed by atoms with E-state index < -0.39 is 5.60 Å². The van der Waals surface area contributed by atoms with E-state index in [1.807, 2.05) is 27.7 Å². The first kappa shape index (κ1) is 28.1. The van der Waals surface area contributed by atoms with E-state index >= 15 is 0 Å². The maximum absolute atomic E-state index is 12.3. The number of fused-ring (bicyclic) bond motifs is 1. The van der Waals surface area contributed by atoms with Gasteiger partial charge in [-0.05, 0) is 78.5 Å². The molecule has 1 unspecified atom stereocenters. The van der Waals surface area contributed by atoms with Crippen LogP contribution >= 0.6 is 11.3 Å². The van der Waals surface area contributed by atoms with Crippen LogP contribution in [0, 0.1) is 47.8 Å². The number of benzene rings is 1. The Morgan fingerprint density at radius 2 is 1.85 bits per heavy atom. The number of hydrogen-bond donors (Lipinski definition) is 2. The highest BCUT2D eigenvalue weighted by atomic mass is 32.1. The van der Waals surface area contributed by atoms with Crippen LogP contribution in [0.3, 0.4) is 0 Å². The van der Waals surface area contributed by atoms with Gasteiger partial charge in [-0.1, -0.05) is 30.9 Å². The van der Waals surface area contributed by atoms with E-state index in [0.29, 0.717) is 24.0 Å². The molecular formula is C32H39N5O2S. The van der Waals surface area contributed by atoms with Crippen molar-refractivity contribution in [3.05, 3.63) is 51.4 Å². The van der Waals surface area contributed by atoms with Gasteiger partial charge in [0.2, 0.25) is 0 Å². The van der Waals surface area contributed by atoms with E-state index in [9.17, 15) is 4.79 Å². The Morgan fingerprint density at radius 1 is 1.20 bits per heavy atom. The first-order valence-electron chi connectivity index (χ1n) is 14.0. The fourth-order valence-electron chi connectivity index (χ4n) is 5.88. The number of hydrogen-bond acceptors (Lipinski definition) is 6. The quantitative estimate of drug-likeness (QED) is 0.242. The largest absolute Gasteiger partial charge is 0.444 e. The summed E-state index contributed by atoms with van der Waals surface area (Å²) in [6.07, 6.45) is 2.54. The van der Waals surface area contributed by atoms with Gasteiger partial charge in [0.25, 0.3) is 0 Å². The Hall–Kier alpha value is -3.44.